The summed E-state index contributed by atoms with van der Waals surface area (Å²) in [5.41, 5.74) is 6.17. The lowest BCUT2D eigenvalue weighted by atomic mass is 9.95. The van der Waals surface area contributed by atoms with E-state index in [9.17, 15) is 5.11 Å². The Bertz CT molecular complexity index is 1280. The minimum absolute atomic E-state index is 0.296. The van der Waals surface area contributed by atoms with Gasteiger partial charge in [-0.25, -0.2) is 4.57 Å². The minimum atomic E-state index is 0.296. The van der Waals surface area contributed by atoms with Crippen LogP contribution in [0.2, 0.25) is 0 Å². The number of rotatable bonds is 3. The number of allylic oxidation sites excluding steroid dienone is 1. The molecule has 3 nitrogen and oxygen atoms in total. The fraction of sp³-hybridized carbons (Fsp3) is 0.115. The molecule has 0 unspecified atom stereocenters. The number of anilines is 1. The van der Waals surface area contributed by atoms with E-state index in [-0.39, 0.29) is 0 Å². The van der Waals surface area contributed by atoms with Crippen LogP contribution in [0.4, 0.5) is 5.69 Å². The van der Waals surface area contributed by atoms with Gasteiger partial charge in [-0.1, -0.05) is 48.2 Å². The fourth-order valence-corrected chi connectivity index (χ4v) is 5.30. The van der Waals surface area contributed by atoms with E-state index >= 15 is 0 Å². The second-order valence-corrected chi connectivity index (χ2v) is 8.64. The highest BCUT2D eigenvalue weighted by Gasteiger charge is 2.27. The fourth-order valence-electron chi connectivity index (χ4n) is 4.10. The summed E-state index contributed by atoms with van der Waals surface area (Å²) in [6, 6.07) is 26.9. The Morgan fingerprint density at radius 2 is 1.67 bits per heavy atom. The van der Waals surface area contributed by atoms with Crippen LogP contribution in [-0.4, -0.2) is 12.2 Å². The van der Waals surface area contributed by atoms with E-state index in [1.54, 1.807) is 12.1 Å². The van der Waals surface area contributed by atoms with Crippen molar-refractivity contribution < 1.29 is 9.67 Å². The lowest BCUT2D eigenvalue weighted by molar-refractivity contribution is -0.644. The first-order valence-corrected chi connectivity index (χ1v) is 10.8. The highest BCUT2D eigenvalue weighted by atomic mass is 32.2. The van der Waals surface area contributed by atoms with E-state index in [1.807, 2.05) is 23.9 Å². The first-order chi connectivity index (χ1) is 14.6. The van der Waals surface area contributed by atoms with E-state index in [2.05, 4.69) is 84.4 Å². The van der Waals surface area contributed by atoms with Crippen LogP contribution in [0, 0.1) is 0 Å². The van der Waals surface area contributed by atoms with Crippen molar-refractivity contribution in [3.05, 3.63) is 101 Å². The van der Waals surface area contributed by atoms with E-state index in [0.717, 1.165) is 6.42 Å². The van der Waals surface area contributed by atoms with Gasteiger partial charge in [-0.05, 0) is 41.5 Å². The number of benzene rings is 3. The Morgan fingerprint density at radius 1 is 0.933 bits per heavy atom. The largest absolute Gasteiger partial charge is 0.508 e. The van der Waals surface area contributed by atoms with Gasteiger partial charge in [-0.15, -0.1) is 0 Å². The molecule has 1 aliphatic rings. The highest BCUT2D eigenvalue weighted by molar-refractivity contribution is 8.04. The minimum Gasteiger partial charge on any atom is -0.508 e. The van der Waals surface area contributed by atoms with Crippen molar-refractivity contribution in [3.8, 4) is 5.75 Å². The third-order valence-corrected chi connectivity index (χ3v) is 6.96. The molecule has 4 heteroatoms. The average Bonchev–Trinajstić information content (AvgIpc) is 3.11. The van der Waals surface area contributed by atoms with Gasteiger partial charge in [0.05, 0.1) is 16.1 Å². The second-order valence-electron chi connectivity index (χ2n) is 7.61. The first kappa shape index (κ1) is 18.8. The van der Waals surface area contributed by atoms with E-state index in [0.29, 0.717) is 5.75 Å². The number of nitrogens with zero attached hydrogens (tertiary/aromatic N) is 2. The summed E-state index contributed by atoms with van der Waals surface area (Å²) in [7, 11) is 4.24. The van der Waals surface area contributed by atoms with Crippen LogP contribution in [0.25, 0.3) is 16.5 Å². The molecule has 1 aromatic heterocycles. The Morgan fingerprint density at radius 3 is 2.47 bits per heavy atom. The molecule has 0 radical (unpaired) electrons. The number of para-hydroxylation sites is 2. The zero-order valence-electron chi connectivity index (χ0n) is 17.0. The first-order valence-electron chi connectivity index (χ1n) is 10.0. The predicted octanol–water partition coefficient (Wildman–Crippen LogP) is 5.52. The number of pyridine rings is 1. The summed E-state index contributed by atoms with van der Waals surface area (Å²) < 4.78 is 2.17. The van der Waals surface area contributed by atoms with Crippen molar-refractivity contribution in [2.24, 2.45) is 7.05 Å². The van der Waals surface area contributed by atoms with E-state index < -0.39 is 0 Å². The standard InChI is InChI=1S/C26H22N2OS/c1-27-16-15-20(21-7-3-4-8-23(21)27)22(17-18-11-13-19(29)14-12-18)26-28(2)24-9-5-6-10-25(24)30-26/h3-16H,17H2,1-2H3/p+1. The van der Waals surface area contributed by atoms with Gasteiger partial charge in [0.15, 0.2) is 6.20 Å². The predicted molar refractivity (Wildman–Crippen MR) is 125 cm³/mol. The molecule has 0 atom stereocenters. The molecule has 148 valence electrons. The molecule has 0 bridgehead atoms. The summed E-state index contributed by atoms with van der Waals surface area (Å²) in [5.74, 6) is 0.296. The molecular weight excluding hydrogens is 388 g/mol. The van der Waals surface area contributed by atoms with Gasteiger partial charge < -0.3 is 10.0 Å². The summed E-state index contributed by atoms with van der Waals surface area (Å²) in [6.45, 7) is 0. The van der Waals surface area contributed by atoms with Crippen molar-refractivity contribution in [3.63, 3.8) is 0 Å². The summed E-state index contributed by atoms with van der Waals surface area (Å²) in [6.07, 6.45) is 2.93. The summed E-state index contributed by atoms with van der Waals surface area (Å²) in [4.78, 5) is 3.58. The number of phenolic OH excluding ortho intramolecular Hbond substituents is 1. The maximum atomic E-state index is 9.72. The Hall–Kier alpha value is -3.24. The number of aromatic hydroxyl groups is 1. The molecule has 30 heavy (non-hydrogen) atoms. The van der Waals surface area contributed by atoms with E-state index in [1.165, 1.54) is 43.2 Å². The average molecular weight is 412 g/mol. The molecule has 0 amide bonds. The lowest BCUT2D eigenvalue weighted by Gasteiger charge is -2.20. The van der Waals surface area contributed by atoms with Crippen LogP contribution in [-0.2, 0) is 13.5 Å². The van der Waals surface area contributed by atoms with Crippen molar-refractivity contribution in [1.29, 1.82) is 0 Å². The number of thioether (sulfide) groups is 1. The number of aryl methyl sites for hydroxylation is 1. The number of phenols is 1. The van der Waals surface area contributed by atoms with Crippen molar-refractivity contribution in [1.82, 2.24) is 0 Å². The molecule has 5 rings (SSSR count). The number of hydrogen-bond acceptors (Lipinski definition) is 3. The molecule has 1 N–H and O–H groups in total. The van der Waals surface area contributed by atoms with Crippen LogP contribution < -0.4 is 9.47 Å². The molecule has 0 saturated carbocycles. The quantitative estimate of drug-likeness (QED) is 0.450. The van der Waals surface area contributed by atoms with Crippen molar-refractivity contribution >= 4 is 33.9 Å². The Balaban J connectivity index is 1.73. The van der Waals surface area contributed by atoms with Crippen LogP contribution in [0.5, 0.6) is 5.75 Å². The normalized spacial score (nSPS) is 14.8. The number of fused-ring (bicyclic) bond motifs is 2. The van der Waals surface area contributed by atoms with Gasteiger partial charge in [-0.2, -0.15) is 0 Å². The highest BCUT2D eigenvalue weighted by Crippen LogP contribution is 2.48. The van der Waals surface area contributed by atoms with Crippen molar-refractivity contribution in [2.75, 3.05) is 11.9 Å². The van der Waals surface area contributed by atoms with Gasteiger partial charge in [0.2, 0.25) is 5.52 Å². The third-order valence-electron chi connectivity index (χ3n) is 5.68. The Labute approximate surface area is 180 Å². The molecular formula is C26H23N2OS+. The van der Waals surface area contributed by atoms with Gasteiger partial charge in [-0.3, -0.25) is 0 Å². The molecule has 1 aliphatic heterocycles. The van der Waals surface area contributed by atoms with Crippen LogP contribution in [0.3, 0.4) is 0 Å². The van der Waals surface area contributed by atoms with Crippen LogP contribution in [0.1, 0.15) is 11.1 Å². The molecule has 4 aromatic rings. The zero-order valence-corrected chi connectivity index (χ0v) is 17.9. The molecule has 0 aliphatic carbocycles. The molecule has 0 fully saturated rings. The third kappa shape index (κ3) is 3.23. The maximum Gasteiger partial charge on any atom is 0.212 e. The van der Waals surface area contributed by atoms with Gasteiger partial charge >= 0.3 is 0 Å². The van der Waals surface area contributed by atoms with E-state index in [4.69, 9.17) is 0 Å². The second kappa shape index (κ2) is 7.54. The number of hydrogen-bond donors (Lipinski definition) is 1. The summed E-state index contributed by atoms with van der Waals surface area (Å²) >= 11 is 1.83. The molecule has 0 saturated heterocycles. The number of aromatic nitrogens is 1. The monoisotopic (exact) mass is 411 g/mol. The summed E-state index contributed by atoms with van der Waals surface area (Å²) in [5, 5.41) is 12.2. The molecule has 2 heterocycles. The zero-order chi connectivity index (χ0) is 20.7. The smallest absolute Gasteiger partial charge is 0.212 e. The Kier molecular flexibility index (Phi) is 4.72. The molecule has 0 spiro atoms. The SMILES string of the molecule is CN1C(=C(Cc2ccc(O)cc2)c2cc[n+](C)c3ccccc23)Sc2ccccc21. The topological polar surface area (TPSA) is 27.3 Å². The van der Waals surface area contributed by atoms with Crippen LogP contribution in [0.15, 0.2) is 95.0 Å². The van der Waals surface area contributed by atoms with Gasteiger partial charge in [0.25, 0.3) is 0 Å². The molecule has 3 aromatic carbocycles. The van der Waals surface area contributed by atoms with Gasteiger partial charge in [0.1, 0.15) is 12.8 Å². The lowest BCUT2D eigenvalue weighted by Crippen LogP contribution is -2.28. The maximum absolute atomic E-state index is 9.72. The van der Waals surface area contributed by atoms with Gasteiger partial charge in [0, 0.05) is 36.1 Å². The van der Waals surface area contributed by atoms with Crippen LogP contribution >= 0.6 is 11.8 Å². The van der Waals surface area contributed by atoms with Crippen molar-refractivity contribution in [2.45, 2.75) is 11.3 Å².